The molecule has 0 aliphatic heterocycles. The molecule has 0 unspecified atom stereocenters. The Morgan fingerprint density at radius 2 is 1.78 bits per heavy atom. The van der Waals surface area contributed by atoms with Crippen LogP contribution in [0, 0.1) is 16.7 Å². The Balaban J connectivity index is 1.52. The highest BCUT2D eigenvalue weighted by Gasteiger charge is 2.26. The average molecular weight is 479 g/mol. The third kappa shape index (κ3) is 5.15. The monoisotopic (exact) mass is 478 g/mol. The van der Waals surface area contributed by atoms with E-state index >= 15 is 0 Å². The molecule has 0 radical (unpaired) electrons. The number of hydrogen-bond donors (Lipinski definition) is 2. The van der Waals surface area contributed by atoms with Crippen LogP contribution >= 0.6 is 0 Å². The van der Waals surface area contributed by atoms with Crippen LogP contribution in [0.3, 0.4) is 0 Å². The summed E-state index contributed by atoms with van der Waals surface area (Å²) in [7, 11) is 1.64. The van der Waals surface area contributed by atoms with Crippen molar-refractivity contribution in [1.82, 2.24) is 15.0 Å². The SMILES string of the molecule is CN(C(=O)/C(C#N)=C/c1ccc(Nc2cnc3[nH]cc(C(=O)C(C)(C)C)c3n2)cc1)c1ccccc1. The Labute approximate surface area is 209 Å². The molecular formula is C28H26N6O2. The smallest absolute Gasteiger partial charge is 0.268 e. The lowest BCUT2D eigenvalue weighted by atomic mass is 9.87. The van der Waals surface area contributed by atoms with Crippen LogP contribution in [-0.2, 0) is 4.79 Å². The molecule has 36 heavy (non-hydrogen) atoms. The van der Waals surface area contributed by atoms with Crippen LogP contribution in [0.1, 0.15) is 36.7 Å². The molecule has 0 saturated carbocycles. The number of anilines is 3. The van der Waals surface area contributed by atoms with E-state index in [9.17, 15) is 14.9 Å². The number of carbonyl (C=O) groups is 2. The number of nitrogens with zero attached hydrogens (tertiary/aromatic N) is 4. The van der Waals surface area contributed by atoms with Crippen LogP contribution in [0.4, 0.5) is 17.2 Å². The molecule has 4 rings (SSSR count). The van der Waals surface area contributed by atoms with E-state index in [-0.39, 0.29) is 17.3 Å². The first-order chi connectivity index (χ1) is 17.2. The lowest BCUT2D eigenvalue weighted by Crippen LogP contribution is -2.27. The summed E-state index contributed by atoms with van der Waals surface area (Å²) in [5, 5.41) is 12.8. The highest BCUT2D eigenvalue weighted by molar-refractivity contribution is 6.11. The maximum atomic E-state index is 12.8. The van der Waals surface area contributed by atoms with E-state index in [2.05, 4.69) is 20.3 Å². The molecule has 4 aromatic rings. The number of nitrogens with one attached hydrogen (secondary N) is 2. The van der Waals surface area contributed by atoms with E-state index in [0.29, 0.717) is 33.8 Å². The number of fused-ring (bicyclic) bond motifs is 1. The van der Waals surface area contributed by atoms with E-state index in [1.54, 1.807) is 37.7 Å². The predicted molar refractivity (Wildman–Crippen MR) is 141 cm³/mol. The van der Waals surface area contributed by atoms with Gasteiger partial charge in [0.15, 0.2) is 11.4 Å². The Bertz CT molecular complexity index is 1490. The second-order valence-corrected chi connectivity index (χ2v) is 9.35. The molecule has 0 aliphatic carbocycles. The summed E-state index contributed by atoms with van der Waals surface area (Å²) in [5.41, 5.74) is 3.20. The molecule has 0 fully saturated rings. The molecule has 2 heterocycles. The van der Waals surface area contributed by atoms with Crippen LogP contribution in [0.5, 0.6) is 0 Å². The fraction of sp³-hybridized carbons (Fsp3) is 0.179. The number of carbonyl (C=O) groups excluding carboxylic acids is 2. The van der Waals surface area contributed by atoms with E-state index in [1.165, 1.54) is 4.90 Å². The molecule has 0 atom stereocenters. The number of H-pyrrole nitrogens is 1. The molecule has 2 N–H and O–H groups in total. The van der Waals surface area contributed by atoms with Crippen molar-refractivity contribution in [3.05, 3.63) is 83.7 Å². The van der Waals surface area contributed by atoms with E-state index in [1.807, 2.05) is 69.3 Å². The van der Waals surface area contributed by atoms with Gasteiger partial charge in [0, 0.05) is 30.0 Å². The Morgan fingerprint density at radius 3 is 2.42 bits per heavy atom. The van der Waals surface area contributed by atoms with E-state index in [0.717, 1.165) is 5.69 Å². The van der Waals surface area contributed by atoms with Gasteiger partial charge in [-0.05, 0) is 35.9 Å². The number of benzene rings is 2. The van der Waals surface area contributed by atoms with Gasteiger partial charge >= 0.3 is 0 Å². The maximum Gasteiger partial charge on any atom is 0.268 e. The zero-order valence-corrected chi connectivity index (χ0v) is 20.5. The third-order valence-corrected chi connectivity index (χ3v) is 5.60. The minimum absolute atomic E-state index is 0.0166. The fourth-order valence-corrected chi connectivity index (χ4v) is 3.60. The summed E-state index contributed by atoms with van der Waals surface area (Å²) >= 11 is 0. The topological polar surface area (TPSA) is 115 Å². The molecule has 0 bridgehead atoms. The Hall–Kier alpha value is -4.77. The first kappa shape index (κ1) is 24.4. The van der Waals surface area contributed by atoms with Gasteiger partial charge in [-0.25, -0.2) is 9.97 Å². The number of ketones is 1. The van der Waals surface area contributed by atoms with Crippen molar-refractivity contribution >= 4 is 46.1 Å². The molecule has 180 valence electrons. The van der Waals surface area contributed by atoms with Gasteiger partial charge in [0.1, 0.15) is 23.0 Å². The van der Waals surface area contributed by atoms with Gasteiger partial charge in [0.25, 0.3) is 5.91 Å². The largest absolute Gasteiger partial charge is 0.344 e. The fourth-order valence-electron chi connectivity index (χ4n) is 3.60. The van der Waals surface area contributed by atoms with Crippen LogP contribution in [0.25, 0.3) is 17.2 Å². The summed E-state index contributed by atoms with van der Waals surface area (Å²) in [6, 6.07) is 18.4. The van der Waals surface area contributed by atoms with Gasteiger partial charge in [-0.3, -0.25) is 9.59 Å². The molecule has 0 spiro atoms. The number of rotatable bonds is 6. The molecular weight excluding hydrogens is 452 g/mol. The van der Waals surface area contributed by atoms with Crippen molar-refractivity contribution in [2.24, 2.45) is 5.41 Å². The lowest BCUT2D eigenvalue weighted by Gasteiger charge is -2.16. The van der Waals surface area contributed by atoms with Crippen LogP contribution < -0.4 is 10.2 Å². The number of aromatic amines is 1. The maximum absolute atomic E-state index is 12.8. The van der Waals surface area contributed by atoms with Crippen molar-refractivity contribution in [2.45, 2.75) is 20.8 Å². The minimum Gasteiger partial charge on any atom is -0.344 e. The number of likely N-dealkylation sites (N-methyl/N-ethyl adjacent to an activating group) is 1. The van der Waals surface area contributed by atoms with Gasteiger partial charge in [-0.15, -0.1) is 0 Å². The van der Waals surface area contributed by atoms with Crippen molar-refractivity contribution in [2.75, 3.05) is 17.3 Å². The highest BCUT2D eigenvalue weighted by atomic mass is 16.2. The molecule has 0 aliphatic rings. The van der Waals surface area contributed by atoms with Crippen LogP contribution in [0.2, 0.25) is 0 Å². The number of hydrogen-bond acceptors (Lipinski definition) is 6. The lowest BCUT2D eigenvalue weighted by molar-refractivity contribution is -0.114. The highest BCUT2D eigenvalue weighted by Crippen LogP contribution is 2.26. The average Bonchev–Trinajstić information content (AvgIpc) is 3.30. The van der Waals surface area contributed by atoms with Crippen molar-refractivity contribution in [3.8, 4) is 6.07 Å². The summed E-state index contributed by atoms with van der Waals surface area (Å²) in [6.45, 7) is 5.60. The molecule has 2 aromatic heterocycles. The second-order valence-electron chi connectivity index (χ2n) is 9.35. The first-order valence-electron chi connectivity index (χ1n) is 11.4. The number of para-hydroxylation sites is 1. The minimum atomic E-state index is -0.539. The van der Waals surface area contributed by atoms with Gasteiger partial charge < -0.3 is 15.2 Å². The predicted octanol–water partition coefficient (Wildman–Crippen LogP) is 5.50. The van der Waals surface area contributed by atoms with Gasteiger partial charge in [-0.2, -0.15) is 5.26 Å². The second kappa shape index (κ2) is 9.84. The molecule has 0 saturated heterocycles. The third-order valence-electron chi connectivity index (χ3n) is 5.60. The molecule has 2 aromatic carbocycles. The van der Waals surface area contributed by atoms with Crippen molar-refractivity contribution in [1.29, 1.82) is 5.26 Å². The van der Waals surface area contributed by atoms with Gasteiger partial charge in [-0.1, -0.05) is 51.1 Å². The number of nitriles is 1. The molecule has 8 heteroatoms. The first-order valence-corrected chi connectivity index (χ1v) is 11.4. The summed E-state index contributed by atoms with van der Waals surface area (Å²) < 4.78 is 0. The van der Waals surface area contributed by atoms with E-state index in [4.69, 9.17) is 0 Å². The molecule has 1 amide bonds. The normalized spacial score (nSPS) is 11.7. The Kier molecular flexibility index (Phi) is 6.66. The number of amides is 1. The zero-order valence-electron chi connectivity index (χ0n) is 20.5. The van der Waals surface area contributed by atoms with Crippen LogP contribution in [0.15, 0.2) is 72.6 Å². The molecule has 8 nitrogen and oxygen atoms in total. The number of aromatic nitrogens is 3. The summed E-state index contributed by atoms with van der Waals surface area (Å²) in [5.74, 6) is 0.0874. The van der Waals surface area contributed by atoms with Crippen LogP contribution in [-0.4, -0.2) is 33.7 Å². The van der Waals surface area contributed by atoms with Crippen molar-refractivity contribution < 1.29 is 9.59 Å². The number of Topliss-reactive ketones (excluding diaryl/α,β-unsaturated/α-hetero) is 1. The standard InChI is InChI=1S/C28H26N6O2/c1-28(2,3)25(35)22-16-30-26-24(22)33-23(17-31-26)32-20-12-10-18(11-13-20)14-19(15-29)27(36)34(4)21-8-6-5-7-9-21/h5-14,16-17H,1-4H3,(H,30,31)(H,32,33)/b19-14+. The summed E-state index contributed by atoms with van der Waals surface area (Å²) in [4.78, 5) is 39.0. The van der Waals surface area contributed by atoms with Crippen molar-refractivity contribution in [3.63, 3.8) is 0 Å². The van der Waals surface area contributed by atoms with Gasteiger partial charge in [0.05, 0.1) is 11.8 Å². The van der Waals surface area contributed by atoms with Gasteiger partial charge in [0.2, 0.25) is 0 Å². The Morgan fingerprint density at radius 1 is 1.08 bits per heavy atom. The summed E-state index contributed by atoms with van der Waals surface area (Å²) in [6.07, 6.45) is 4.79. The van der Waals surface area contributed by atoms with E-state index < -0.39 is 5.41 Å². The zero-order chi connectivity index (χ0) is 25.9. The quantitative estimate of drug-likeness (QED) is 0.215.